The number of hydrogen-bond donors (Lipinski definition) is 2. The summed E-state index contributed by atoms with van der Waals surface area (Å²) in [6, 6.07) is 6.61. The predicted octanol–water partition coefficient (Wildman–Crippen LogP) is 1.21. The van der Waals surface area contributed by atoms with E-state index in [-0.39, 0.29) is 5.82 Å². The van der Waals surface area contributed by atoms with Gasteiger partial charge in [-0.3, -0.25) is 9.80 Å². The summed E-state index contributed by atoms with van der Waals surface area (Å²) in [5.41, 5.74) is 1.12. The molecule has 2 rings (SSSR count). The van der Waals surface area contributed by atoms with Crippen LogP contribution in [0.4, 0.5) is 9.18 Å². The average Bonchev–Trinajstić information content (AvgIpc) is 2.43. The van der Waals surface area contributed by atoms with Crippen molar-refractivity contribution >= 4 is 6.09 Å². The van der Waals surface area contributed by atoms with Crippen molar-refractivity contribution in [1.82, 2.24) is 15.1 Å². The molecule has 1 amide bonds. The topological polar surface area (TPSA) is 55.8 Å². The van der Waals surface area contributed by atoms with Crippen molar-refractivity contribution in [3.8, 4) is 0 Å². The number of hydrogen-bond acceptors (Lipinski definition) is 3. The van der Waals surface area contributed by atoms with E-state index in [4.69, 9.17) is 5.11 Å². The molecule has 110 valence electrons. The molecule has 1 saturated heterocycles. The molecule has 0 saturated carbocycles. The van der Waals surface area contributed by atoms with Gasteiger partial charge >= 0.3 is 6.09 Å². The van der Waals surface area contributed by atoms with Crippen LogP contribution in [0, 0.1) is 5.82 Å². The summed E-state index contributed by atoms with van der Waals surface area (Å²) in [5.74, 6) is -0.204. The molecule has 1 aliphatic heterocycles. The monoisotopic (exact) mass is 281 g/mol. The first kappa shape index (κ1) is 14.7. The third-order valence-corrected chi connectivity index (χ3v) is 3.49. The van der Waals surface area contributed by atoms with Gasteiger partial charge in [0.05, 0.1) is 0 Å². The van der Waals surface area contributed by atoms with Crippen molar-refractivity contribution in [2.75, 3.05) is 39.3 Å². The molecule has 1 aliphatic rings. The van der Waals surface area contributed by atoms with E-state index in [1.54, 1.807) is 0 Å². The summed E-state index contributed by atoms with van der Waals surface area (Å²) in [6.45, 7) is 5.81. The molecule has 0 aliphatic carbocycles. The maximum Gasteiger partial charge on any atom is 0.404 e. The quantitative estimate of drug-likeness (QED) is 0.852. The van der Waals surface area contributed by atoms with Crippen LogP contribution in [0.2, 0.25) is 0 Å². The van der Waals surface area contributed by atoms with Gasteiger partial charge in [-0.15, -0.1) is 0 Å². The molecule has 0 unspecified atom stereocenters. The van der Waals surface area contributed by atoms with E-state index in [0.29, 0.717) is 6.54 Å². The van der Waals surface area contributed by atoms with Gasteiger partial charge in [0.2, 0.25) is 0 Å². The standard InChI is InChI=1S/C14H20FN3O2/c15-13-3-1-12(2-4-13)11-18-9-7-17(8-10-18)6-5-16-14(19)20/h1-4,16H,5-11H2,(H,19,20). The fourth-order valence-corrected chi connectivity index (χ4v) is 2.34. The SMILES string of the molecule is O=C(O)NCCN1CCN(Cc2ccc(F)cc2)CC1. The number of amides is 1. The molecule has 1 heterocycles. The van der Waals surface area contributed by atoms with Crippen molar-refractivity contribution in [2.24, 2.45) is 0 Å². The van der Waals surface area contributed by atoms with Crippen LogP contribution in [-0.4, -0.2) is 60.3 Å². The largest absolute Gasteiger partial charge is 0.465 e. The van der Waals surface area contributed by atoms with E-state index in [9.17, 15) is 9.18 Å². The fourth-order valence-electron chi connectivity index (χ4n) is 2.34. The zero-order chi connectivity index (χ0) is 14.4. The molecular weight excluding hydrogens is 261 g/mol. The van der Waals surface area contributed by atoms with Gasteiger partial charge in [-0.2, -0.15) is 0 Å². The third kappa shape index (κ3) is 4.79. The molecule has 6 heteroatoms. The highest BCUT2D eigenvalue weighted by Crippen LogP contribution is 2.09. The molecule has 20 heavy (non-hydrogen) atoms. The summed E-state index contributed by atoms with van der Waals surface area (Å²) in [5, 5.41) is 10.9. The number of benzene rings is 1. The minimum absolute atomic E-state index is 0.204. The van der Waals surface area contributed by atoms with Crippen LogP contribution in [0.5, 0.6) is 0 Å². The normalized spacial score (nSPS) is 17.1. The number of nitrogens with one attached hydrogen (secondary N) is 1. The first-order valence-corrected chi connectivity index (χ1v) is 6.79. The summed E-state index contributed by atoms with van der Waals surface area (Å²) in [6.07, 6.45) is -0.972. The fraction of sp³-hybridized carbons (Fsp3) is 0.500. The molecule has 1 fully saturated rings. The van der Waals surface area contributed by atoms with Gasteiger partial charge < -0.3 is 10.4 Å². The molecule has 0 aromatic heterocycles. The van der Waals surface area contributed by atoms with Gasteiger partial charge in [-0.25, -0.2) is 9.18 Å². The Kier molecular flexibility index (Phi) is 5.31. The molecule has 5 nitrogen and oxygen atoms in total. The van der Waals surface area contributed by atoms with Crippen LogP contribution in [0.1, 0.15) is 5.56 Å². The lowest BCUT2D eigenvalue weighted by Gasteiger charge is -2.34. The van der Waals surface area contributed by atoms with E-state index >= 15 is 0 Å². The molecule has 1 aromatic carbocycles. The van der Waals surface area contributed by atoms with Crippen LogP contribution < -0.4 is 5.32 Å². The maximum absolute atomic E-state index is 12.8. The first-order chi connectivity index (χ1) is 9.63. The Morgan fingerprint density at radius 1 is 1.15 bits per heavy atom. The lowest BCUT2D eigenvalue weighted by atomic mass is 10.2. The van der Waals surface area contributed by atoms with Crippen molar-refractivity contribution in [3.63, 3.8) is 0 Å². The van der Waals surface area contributed by atoms with Gasteiger partial charge in [-0.05, 0) is 17.7 Å². The lowest BCUT2D eigenvalue weighted by molar-refractivity contribution is 0.127. The third-order valence-electron chi connectivity index (χ3n) is 3.49. The van der Waals surface area contributed by atoms with Gasteiger partial charge in [0.15, 0.2) is 0 Å². The Balaban J connectivity index is 1.68. The highest BCUT2D eigenvalue weighted by molar-refractivity contribution is 5.64. The van der Waals surface area contributed by atoms with Crippen LogP contribution in [0.25, 0.3) is 0 Å². The number of rotatable bonds is 5. The predicted molar refractivity (Wildman–Crippen MR) is 74.1 cm³/mol. The second-order valence-corrected chi connectivity index (χ2v) is 4.98. The smallest absolute Gasteiger partial charge is 0.404 e. The first-order valence-electron chi connectivity index (χ1n) is 6.79. The molecule has 0 spiro atoms. The summed E-state index contributed by atoms with van der Waals surface area (Å²) < 4.78 is 12.8. The lowest BCUT2D eigenvalue weighted by Crippen LogP contribution is -2.47. The van der Waals surface area contributed by atoms with Gasteiger partial charge in [0.1, 0.15) is 5.82 Å². The highest BCUT2D eigenvalue weighted by Gasteiger charge is 2.16. The van der Waals surface area contributed by atoms with Gasteiger partial charge in [-0.1, -0.05) is 12.1 Å². The minimum Gasteiger partial charge on any atom is -0.465 e. The number of piperazine rings is 1. The van der Waals surface area contributed by atoms with Crippen molar-refractivity contribution in [1.29, 1.82) is 0 Å². The van der Waals surface area contributed by atoms with E-state index in [2.05, 4.69) is 15.1 Å². The Bertz CT molecular complexity index is 431. The maximum atomic E-state index is 12.8. The summed E-state index contributed by atoms with van der Waals surface area (Å²) >= 11 is 0. The highest BCUT2D eigenvalue weighted by atomic mass is 19.1. The molecule has 0 atom stereocenters. The van der Waals surface area contributed by atoms with E-state index in [0.717, 1.165) is 44.8 Å². The average molecular weight is 281 g/mol. The molecular formula is C14H20FN3O2. The zero-order valence-electron chi connectivity index (χ0n) is 11.4. The van der Waals surface area contributed by atoms with Crippen LogP contribution in [-0.2, 0) is 6.54 Å². The number of halogens is 1. The molecule has 0 radical (unpaired) electrons. The van der Waals surface area contributed by atoms with Crippen molar-refractivity contribution in [2.45, 2.75) is 6.54 Å². The Morgan fingerprint density at radius 2 is 1.75 bits per heavy atom. The van der Waals surface area contributed by atoms with Crippen LogP contribution in [0.3, 0.4) is 0 Å². The Hall–Kier alpha value is -1.66. The van der Waals surface area contributed by atoms with Crippen molar-refractivity contribution < 1.29 is 14.3 Å². The van der Waals surface area contributed by atoms with E-state index in [1.807, 2.05) is 12.1 Å². The number of carbonyl (C=O) groups is 1. The summed E-state index contributed by atoms with van der Waals surface area (Å²) in [7, 11) is 0. The van der Waals surface area contributed by atoms with E-state index < -0.39 is 6.09 Å². The van der Waals surface area contributed by atoms with Crippen LogP contribution in [0.15, 0.2) is 24.3 Å². The second kappa shape index (κ2) is 7.21. The van der Waals surface area contributed by atoms with Gasteiger partial charge in [0, 0.05) is 45.8 Å². The van der Waals surface area contributed by atoms with E-state index in [1.165, 1.54) is 12.1 Å². The summed E-state index contributed by atoms with van der Waals surface area (Å²) in [4.78, 5) is 14.9. The molecule has 0 bridgehead atoms. The zero-order valence-corrected chi connectivity index (χ0v) is 11.4. The number of carboxylic acid groups (broad SMARTS) is 1. The second-order valence-electron chi connectivity index (χ2n) is 4.98. The number of nitrogens with zero attached hydrogens (tertiary/aromatic N) is 2. The molecule has 2 N–H and O–H groups in total. The van der Waals surface area contributed by atoms with Crippen LogP contribution >= 0.6 is 0 Å². The van der Waals surface area contributed by atoms with Gasteiger partial charge in [0.25, 0.3) is 0 Å². The molecule has 1 aromatic rings. The Morgan fingerprint density at radius 3 is 2.35 bits per heavy atom. The van der Waals surface area contributed by atoms with Crippen molar-refractivity contribution in [3.05, 3.63) is 35.6 Å². The minimum atomic E-state index is -0.972. The Labute approximate surface area is 118 Å².